The number of aromatic nitrogens is 1. The first-order chi connectivity index (χ1) is 8.74. The quantitative estimate of drug-likeness (QED) is 0.455. The maximum absolute atomic E-state index is 6.15. The molecule has 0 spiro atoms. The number of rotatable bonds is 2. The van der Waals surface area contributed by atoms with Crippen molar-refractivity contribution in [2.75, 3.05) is 32.1 Å². The van der Waals surface area contributed by atoms with E-state index in [1.54, 1.807) is 13.2 Å². The molecule has 0 aromatic carbocycles. The van der Waals surface area contributed by atoms with Crippen LogP contribution in [0.25, 0.3) is 0 Å². The topological polar surface area (TPSA) is 52.6 Å². The Labute approximate surface area is 135 Å². The number of hydrogen-bond donors (Lipinski definition) is 2. The predicted molar refractivity (Wildman–Crippen MR) is 90.8 cm³/mol. The number of aliphatic imine (C=N–C) groups is 1. The van der Waals surface area contributed by atoms with E-state index in [1.807, 2.05) is 19.2 Å². The van der Waals surface area contributed by atoms with Crippen molar-refractivity contribution in [2.45, 2.75) is 12.5 Å². The van der Waals surface area contributed by atoms with Crippen LogP contribution >= 0.6 is 35.6 Å². The summed E-state index contributed by atoms with van der Waals surface area (Å²) in [4.78, 5) is 10.7. The summed E-state index contributed by atoms with van der Waals surface area (Å²) in [5, 5.41) is 7.09. The Hall–Kier alpha value is -0.760. The van der Waals surface area contributed by atoms with Crippen molar-refractivity contribution in [3.05, 3.63) is 23.4 Å². The van der Waals surface area contributed by atoms with E-state index in [0.29, 0.717) is 11.1 Å². The molecule has 0 radical (unpaired) electrons. The van der Waals surface area contributed by atoms with Gasteiger partial charge in [0, 0.05) is 39.4 Å². The molecule has 0 amide bonds. The van der Waals surface area contributed by atoms with E-state index in [-0.39, 0.29) is 24.0 Å². The Bertz CT molecular complexity index is 440. The van der Waals surface area contributed by atoms with Gasteiger partial charge in [-0.2, -0.15) is 0 Å². The van der Waals surface area contributed by atoms with E-state index < -0.39 is 0 Å². The number of halogens is 2. The van der Waals surface area contributed by atoms with Gasteiger partial charge in [-0.25, -0.2) is 4.98 Å². The van der Waals surface area contributed by atoms with Gasteiger partial charge in [0.25, 0.3) is 0 Å². The molecule has 106 valence electrons. The summed E-state index contributed by atoms with van der Waals surface area (Å²) >= 11 is 6.15. The van der Waals surface area contributed by atoms with E-state index in [4.69, 9.17) is 11.6 Å². The number of nitrogens with zero attached hydrogens (tertiary/aromatic N) is 3. The van der Waals surface area contributed by atoms with Crippen LogP contribution in [0.4, 0.5) is 5.82 Å². The smallest absolute Gasteiger partial charge is 0.190 e. The van der Waals surface area contributed by atoms with E-state index in [2.05, 4.69) is 25.5 Å². The first-order valence-corrected chi connectivity index (χ1v) is 6.39. The van der Waals surface area contributed by atoms with Gasteiger partial charge in [0.2, 0.25) is 0 Å². The molecule has 1 saturated heterocycles. The molecule has 1 unspecified atom stereocenters. The van der Waals surface area contributed by atoms with Crippen molar-refractivity contribution in [1.82, 2.24) is 15.6 Å². The normalized spacial score (nSPS) is 19.0. The Morgan fingerprint density at radius 2 is 2.37 bits per heavy atom. The average molecular weight is 396 g/mol. The molecule has 1 aromatic rings. The van der Waals surface area contributed by atoms with Crippen molar-refractivity contribution < 1.29 is 0 Å². The van der Waals surface area contributed by atoms with E-state index >= 15 is 0 Å². The van der Waals surface area contributed by atoms with Crippen LogP contribution in [0.5, 0.6) is 0 Å². The fourth-order valence-electron chi connectivity index (χ4n) is 2.12. The second-order valence-electron chi connectivity index (χ2n) is 4.21. The molecule has 2 N–H and O–H groups in total. The first-order valence-electron chi connectivity index (χ1n) is 6.01. The van der Waals surface area contributed by atoms with Crippen molar-refractivity contribution in [3.63, 3.8) is 0 Å². The van der Waals surface area contributed by atoms with Gasteiger partial charge < -0.3 is 15.5 Å². The molecular weight excluding hydrogens is 377 g/mol. The van der Waals surface area contributed by atoms with Crippen LogP contribution in [0.2, 0.25) is 5.02 Å². The Kier molecular flexibility index (Phi) is 6.64. The van der Waals surface area contributed by atoms with E-state index in [9.17, 15) is 0 Å². The lowest BCUT2D eigenvalue weighted by atomic mass is 10.3. The molecule has 19 heavy (non-hydrogen) atoms. The number of anilines is 1. The molecule has 0 aliphatic carbocycles. The summed E-state index contributed by atoms with van der Waals surface area (Å²) in [5.41, 5.74) is 0. The van der Waals surface area contributed by atoms with Gasteiger partial charge >= 0.3 is 0 Å². The van der Waals surface area contributed by atoms with Gasteiger partial charge in [0.1, 0.15) is 5.82 Å². The third kappa shape index (κ3) is 4.10. The molecule has 2 heterocycles. The van der Waals surface area contributed by atoms with Crippen molar-refractivity contribution >= 4 is 47.4 Å². The maximum atomic E-state index is 6.15. The minimum atomic E-state index is 0. The maximum Gasteiger partial charge on any atom is 0.190 e. The molecular formula is C12H19ClIN5. The molecule has 1 aliphatic rings. The largest absolute Gasteiger partial charge is 0.359 e. The molecule has 0 saturated carbocycles. The van der Waals surface area contributed by atoms with Gasteiger partial charge in [-0.1, -0.05) is 11.6 Å². The fourth-order valence-corrected chi connectivity index (χ4v) is 2.36. The van der Waals surface area contributed by atoms with Crippen LogP contribution in [0.1, 0.15) is 6.42 Å². The minimum absolute atomic E-state index is 0. The van der Waals surface area contributed by atoms with Gasteiger partial charge in [-0.3, -0.25) is 4.99 Å². The van der Waals surface area contributed by atoms with Gasteiger partial charge in [0.15, 0.2) is 5.96 Å². The highest BCUT2D eigenvalue weighted by molar-refractivity contribution is 14.0. The molecule has 2 rings (SSSR count). The zero-order valence-electron chi connectivity index (χ0n) is 11.1. The fraction of sp³-hybridized carbons (Fsp3) is 0.500. The lowest BCUT2D eigenvalue weighted by Gasteiger charge is -2.19. The van der Waals surface area contributed by atoms with Crippen LogP contribution in [0, 0.1) is 0 Å². The predicted octanol–water partition coefficient (Wildman–Crippen LogP) is 1.73. The monoisotopic (exact) mass is 395 g/mol. The number of nitrogens with one attached hydrogen (secondary N) is 2. The molecule has 7 heteroatoms. The minimum Gasteiger partial charge on any atom is -0.359 e. The highest BCUT2D eigenvalue weighted by Crippen LogP contribution is 2.25. The lowest BCUT2D eigenvalue weighted by molar-refractivity contribution is 0.657. The van der Waals surface area contributed by atoms with Crippen LogP contribution in [-0.2, 0) is 0 Å². The van der Waals surface area contributed by atoms with Crippen molar-refractivity contribution in [3.8, 4) is 0 Å². The third-order valence-corrected chi connectivity index (χ3v) is 3.32. The lowest BCUT2D eigenvalue weighted by Crippen LogP contribution is -2.43. The van der Waals surface area contributed by atoms with Crippen molar-refractivity contribution in [2.24, 2.45) is 4.99 Å². The third-order valence-electron chi connectivity index (χ3n) is 3.03. The summed E-state index contributed by atoms with van der Waals surface area (Å²) in [5.74, 6) is 1.68. The molecule has 1 fully saturated rings. The highest BCUT2D eigenvalue weighted by Gasteiger charge is 2.25. The summed E-state index contributed by atoms with van der Waals surface area (Å²) in [6, 6.07) is 4.09. The molecule has 5 nitrogen and oxygen atoms in total. The summed E-state index contributed by atoms with van der Waals surface area (Å²) in [6.07, 6.45) is 2.82. The number of guanidine groups is 1. The SMILES string of the molecule is CN=C(NC)NC1CCN(c2ncccc2Cl)C1.I. The molecule has 0 bridgehead atoms. The van der Waals surface area contributed by atoms with E-state index in [1.165, 1.54) is 0 Å². The Balaban J connectivity index is 0.00000180. The molecule has 1 atom stereocenters. The van der Waals surface area contributed by atoms with Gasteiger partial charge in [-0.15, -0.1) is 24.0 Å². The molecule has 1 aromatic heterocycles. The highest BCUT2D eigenvalue weighted by atomic mass is 127. The number of pyridine rings is 1. The summed E-state index contributed by atoms with van der Waals surface area (Å²) in [7, 11) is 3.62. The van der Waals surface area contributed by atoms with Gasteiger partial charge in [0.05, 0.1) is 5.02 Å². The van der Waals surface area contributed by atoms with Gasteiger partial charge in [-0.05, 0) is 18.6 Å². The number of hydrogen-bond acceptors (Lipinski definition) is 3. The van der Waals surface area contributed by atoms with Crippen LogP contribution in [0.3, 0.4) is 0 Å². The first kappa shape index (κ1) is 16.3. The van der Waals surface area contributed by atoms with E-state index in [0.717, 1.165) is 31.3 Å². The second-order valence-corrected chi connectivity index (χ2v) is 4.61. The average Bonchev–Trinajstić information content (AvgIpc) is 2.85. The van der Waals surface area contributed by atoms with Crippen LogP contribution in [0.15, 0.2) is 23.3 Å². The summed E-state index contributed by atoms with van der Waals surface area (Å²) in [6.45, 7) is 1.84. The Morgan fingerprint density at radius 1 is 1.58 bits per heavy atom. The molecule has 1 aliphatic heterocycles. The van der Waals surface area contributed by atoms with Crippen LogP contribution in [-0.4, -0.2) is 44.2 Å². The Morgan fingerprint density at radius 3 is 3.00 bits per heavy atom. The second kappa shape index (κ2) is 7.74. The van der Waals surface area contributed by atoms with Crippen molar-refractivity contribution in [1.29, 1.82) is 0 Å². The zero-order chi connectivity index (χ0) is 13.0. The summed E-state index contributed by atoms with van der Waals surface area (Å²) < 4.78 is 0. The van der Waals surface area contributed by atoms with Crippen LogP contribution < -0.4 is 15.5 Å². The zero-order valence-corrected chi connectivity index (χ0v) is 14.1. The standard InChI is InChI=1S/C12H18ClN5.HI/c1-14-12(15-2)17-9-5-7-18(8-9)11-10(13)4-3-6-16-11;/h3-4,6,9H,5,7-8H2,1-2H3,(H2,14,15,17);1H.